The minimum atomic E-state index is -3.27. The van der Waals surface area contributed by atoms with Crippen molar-refractivity contribution in [2.75, 3.05) is 30.3 Å². The number of β-amino-alcohol motifs (C(OH)–C–C–N with tert-alkyl or cyclic N) is 1. The Labute approximate surface area is 117 Å². The van der Waals surface area contributed by atoms with E-state index >= 15 is 0 Å². The fraction of sp³-hybridized carbons (Fsp3) is 0.500. The fourth-order valence-corrected chi connectivity index (χ4v) is 4.92. The van der Waals surface area contributed by atoms with Crippen LogP contribution < -0.4 is 5.73 Å². The highest BCUT2D eigenvalue weighted by molar-refractivity contribution is 8.00. The van der Waals surface area contributed by atoms with Gasteiger partial charge in [-0.15, -0.1) is 11.8 Å². The van der Waals surface area contributed by atoms with E-state index in [0.717, 1.165) is 4.90 Å². The molecule has 0 aliphatic carbocycles. The summed E-state index contributed by atoms with van der Waals surface area (Å²) >= 11 is 1.43. The lowest BCUT2D eigenvalue weighted by Gasteiger charge is -2.42. The number of nitrogen functional groups attached to an aromatic ring is 1. The van der Waals surface area contributed by atoms with Gasteiger partial charge in [-0.3, -0.25) is 0 Å². The van der Waals surface area contributed by atoms with Crippen molar-refractivity contribution in [1.29, 1.82) is 0 Å². The standard InChI is InChI=1S/C12H18N2O3S2/c1-12(15)8-14(9-12)19(16,17)7-6-18-11-5-3-2-4-10(11)13/h2-5,15H,6-9,13H2,1H3. The zero-order chi connectivity index (χ0) is 14.1. The van der Waals surface area contributed by atoms with Crippen molar-refractivity contribution in [3.05, 3.63) is 24.3 Å². The highest BCUT2D eigenvalue weighted by Gasteiger charge is 2.42. The van der Waals surface area contributed by atoms with Gasteiger partial charge in [-0.05, 0) is 19.1 Å². The smallest absolute Gasteiger partial charge is 0.215 e. The minimum absolute atomic E-state index is 0.0576. The van der Waals surface area contributed by atoms with Crippen molar-refractivity contribution in [3.63, 3.8) is 0 Å². The van der Waals surface area contributed by atoms with Crippen LogP contribution in [-0.4, -0.2) is 48.0 Å². The third-order valence-corrected chi connectivity index (χ3v) is 6.06. The zero-order valence-electron chi connectivity index (χ0n) is 10.7. The number of thioether (sulfide) groups is 1. The average Bonchev–Trinajstić information content (AvgIpc) is 2.28. The van der Waals surface area contributed by atoms with E-state index in [4.69, 9.17) is 5.73 Å². The van der Waals surface area contributed by atoms with Crippen LogP contribution in [-0.2, 0) is 10.0 Å². The molecule has 0 bridgehead atoms. The van der Waals surface area contributed by atoms with Gasteiger partial charge in [0.1, 0.15) is 0 Å². The highest BCUT2D eigenvalue weighted by Crippen LogP contribution is 2.27. The quantitative estimate of drug-likeness (QED) is 0.619. The summed E-state index contributed by atoms with van der Waals surface area (Å²) in [5, 5.41) is 9.56. The molecule has 106 valence electrons. The van der Waals surface area contributed by atoms with Crippen molar-refractivity contribution in [3.8, 4) is 0 Å². The maximum atomic E-state index is 11.9. The second-order valence-electron chi connectivity index (χ2n) is 4.97. The molecule has 7 heteroatoms. The molecule has 0 amide bonds. The maximum Gasteiger partial charge on any atom is 0.215 e. The van der Waals surface area contributed by atoms with Crippen molar-refractivity contribution in [1.82, 2.24) is 4.31 Å². The van der Waals surface area contributed by atoms with Gasteiger partial charge in [0.05, 0.1) is 11.4 Å². The summed E-state index contributed by atoms with van der Waals surface area (Å²) in [7, 11) is -3.27. The number of para-hydroxylation sites is 1. The van der Waals surface area contributed by atoms with E-state index in [2.05, 4.69) is 0 Å². The molecular weight excluding hydrogens is 284 g/mol. The van der Waals surface area contributed by atoms with E-state index in [0.29, 0.717) is 11.4 Å². The number of nitrogens with two attached hydrogens (primary N) is 1. The Morgan fingerprint density at radius 3 is 2.63 bits per heavy atom. The third kappa shape index (κ3) is 3.62. The highest BCUT2D eigenvalue weighted by atomic mass is 32.2. The van der Waals surface area contributed by atoms with Gasteiger partial charge < -0.3 is 10.8 Å². The van der Waals surface area contributed by atoms with Crippen LogP contribution in [0.15, 0.2) is 29.2 Å². The van der Waals surface area contributed by atoms with Gasteiger partial charge in [0.25, 0.3) is 0 Å². The molecule has 5 nitrogen and oxygen atoms in total. The summed E-state index contributed by atoms with van der Waals surface area (Å²) < 4.78 is 25.2. The number of rotatable bonds is 5. The summed E-state index contributed by atoms with van der Waals surface area (Å²) in [6.45, 7) is 2.01. The van der Waals surface area contributed by atoms with Gasteiger partial charge >= 0.3 is 0 Å². The Balaban J connectivity index is 1.85. The van der Waals surface area contributed by atoms with Crippen LogP contribution in [0.5, 0.6) is 0 Å². The van der Waals surface area contributed by atoms with Gasteiger partial charge in [0.15, 0.2) is 0 Å². The molecule has 2 rings (SSSR count). The Morgan fingerprint density at radius 2 is 2.05 bits per heavy atom. The second kappa shape index (κ2) is 5.32. The Hall–Kier alpha value is -0.760. The summed E-state index contributed by atoms with van der Waals surface area (Å²) in [4.78, 5) is 0.897. The SMILES string of the molecule is CC1(O)CN(S(=O)(=O)CCSc2ccccc2N)C1. The molecule has 3 N–H and O–H groups in total. The first kappa shape index (κ1) is 14.6. The van der Waals surface area contributed by atoms with Crippen LogP contribution in [0.1, 0.15) is 6.92 Å². The van der Waals surface area contributed by atoms with Gasteiger partial charge in [-0.1, -0.05) is 12.1 Å². The molecule has 1 saturated heterocycles. The van der Waals surface area contributed by atoms with Crippen molar-refractivity contribution < 1.29 is 13.5 Å². The third-order valence-electron chi connectivity index (χ3n) is 2.95. The van der Waals surface area contributed by atoms with E-state index in [1.807, 2.05) is 18.2 Å². The lowest BCUT2D eigenvalue weighted by atomic mass is 10.0. The minimum Gasteiger partial charge on any atom is -0.398 e. The van der Waals surface area contributed by atoms with Gasteiger partial charge in [0, 0.05) is 29.4 Å². The monoisotopic (exact) mass is 302 g/mol. The molecule has 0 atom stereocenters. The number of sulfonamides is 1. The number of anilines is 1. The molecule has 1 aromatic rings. The fourth-order valence-electron chi connectivity index (χ4n) is 1.91. The summed E-state index contributed by atoms with van der Waals surface area (Å²) in [5.74, 6) is 0.511. The second-order valence-corrected chi connectivity index (χ2v) is 8.19. The summed E-state index contributed by atoms with van der Waals surface area (Å²) in [6, 6.07) is 7.39. The van der Waals surface area contributed by atoms with Gasteiger partial charge in [-0.25, -0.2) is 8.42 Å². The van der Waals surface area contributed by atoms with Crippen LogP contribution in [0, 0.1) is 0 Å². The Kier molecular flexibility index (Phi) is 4.10. The molecule has 1 aliphatic rings. The summed E-state index contributed by atoms with van der Waals surface area (Å²) in [6.07, 6.45) is 0. The van der Waals surface area contributed by atoms with E-state index in [1.165, 1.54) is 16.1 Å². The number of aliphatic hydroxyl groups is 1. The number of nitrogens with zero attached hydrogens (tertiary/aromatic N) is 1. The predicted octanol–water partition coefficient (Wildman–Crippen LogP) is 0.757. The first-order chi connectivity index (χ1) is 8.80. The zero-order valence-corrected chi connectivity index (χ0v) is 12.4. The number of hydrogen-bond donors (Lipinski definition) is 2. The first-order valence-electron chi connectivity index (χ1n) is 5.98. The molecule has 1 fully saturated rings. The van der Waals surface area contributed by atoms with Crippen LogP contribution in [0.4, 0.5) is 5.69 Å². The van der Waals surface area contributed by atoms with E-state index in [1.54, 1.807) is 13.0 Å². The lowest BCUT2D eigenvalue weighted by Crippen LogP contribution is -2.62. The molecule has 19 heavy (non-hydrogen) atoms. The van der Waals surface area contributed by atoms with E-state index < -0.39 is 15.6 Å². The van der Waals surface area contributed by atoms with Crippen molar-refractivity contribution in [2.45, 2.75) is 17.4 Å². The van der Waals surface area contributed by atoms with Crippen LogP contribution in [0.3, 0.4) is 0 Å². The van der Waals surface area contributed by atoms with Crippen molar-refractivity contribution in [2.24, 2.45) is 0 Å². The normalized spacial score (nSPS) is 19.1. The molecule has 0 spiro atoms. The molecule has 0 radical (unpaired) electrons. The maximum absolute atomic E-state index is 11.9. The number of hydrogen-bond acceptors (Lipinski definition) is 5. The Bertz CT molecular complexity index is 550. The molecule has 1 heterocycles. The molecule has 0 saturated carbocycles. The van der Waals surface area contributed by atoms with Gasteiger partial charge in [-0.2, -0.15) is 4.31 Å². The van der Waals surface area contributed by atoms with E-state index in [9.17, 15) is 13.5 Å². The lowest BCUT2D eigenvalue weighted by molar-refractivity contribution is -0.0425. The van der Waals surface area contributed by atoms with Crippen LogP contribution >= 0.6 is 11.8 Å². The molecular formula is C12H18N2O3S2. The molecule has 1 aliphatic heterocycles. The molecule has 1 aromatic carbocycles. The first-order valence-corrected chi connectivity index (χ1v) is 8.57. The van der Waals surface area contributed by atoms with Gasteiger partial charge in [0.2, 0.25) is 10.0 Å². The topological polar surface area (TPSA) is 83.6 Å². The predicted molar refractivity (Wildman–Crippen MR) is 77.6 cm³/mol. The molecule has 0 aromatic heterocycles. The largest absolute Gasteiger partial charge is 0.398 e. The Morgan fingerprint density at radius 1 is 1.42 bits per heavy atom. The summed E-state index contributed by atoms with van der Waals surface area (Å²) in [5.41, 5.74) is 5.58. The molecule has 0 unspecified atom stereocenters. The van der Waals surface area contributed by atoms with Crippen LogP contribution in [0.25, 0.3) is 0 Å². The van der Waals surface area contributed by atoms with E-state index in [-0.39, 0.29) is 18.8 Å². The average molecular weight is 302 g/mol. The van der Waals surface area contributed by atoms with Crippen LogP contribution in [0.2, 0.25) is 0 Å². The number of benzene rings is 1. The van der Waals surface area contributed by atoms with Crippen molar-refractivity contribution >= 4 is 27.5 Å².